The van der Waals surface area contributed by atoms with E-state index < -0.39 is 47.9 Å². The lowest BCUT2D eigenvalue weighted by Gasteiger charge is -2.27. The minimum atomic E-state index is -1.26. The summed E-state index contributed by atoms with van der Waals surface area (Å²) in [6.45, 7) is 3.68. The summed E-state index contributed by atoms with van der Waals surface area (Å²) in [5.74, 6) is -3.66. The van der Waals surface area contributed by atoms with Crippen LogP contribution in [0.2, 0.25) is 0 Å². The van der Waals surface area contributed by atoms with E-state index in [1.165, 1.54) is 0 Å². The summed E-state index contributed by atoms with van der Waals surface area (Å²) in [5.41, 5.74) is 17.6. The van der Waals surface area contributed by atoms with E-state index in [0.717, 1.165) is 5.56 Å². The summed E-state index contributed by atoms with van der Waals surface area (Å²) in [5, 5.41) is 16.9. The van der Waals surface area contributed by atoms with Crippen molar-refractivity contribution in [3.8, 4) is 0 Å². The molecule has 0 aliphatic heterocycles. The lowest BCUT2D eigenvalue weighted by molar-refractivity contribution is -0.141. The second-order valence-electron chi connectivity index (χ2n) is 8.62. The number of carboxylic acids is 1. The number of carbonyl (C=O) groups excluding carboxylic acids is 3. The van der Waals surface area contributed by atoms with E-state index in [4.69, 9.17) is 17.2 Å². The second-order valence-corrected chi connectivity index (χ2v) is 8.98. The van der Waals surface area contributed by atoms with Gasteiger partial charge in [0.1, 0.15) is 18.1 Å². The monoisotopic (exact) mass is 523 g/mol. The molecule has 200 valence electrons. The van der Waals surface area contributed by atoms with E-state index >= 15 is 0 Å². The molecule has 4 unspecified atom stereocenters. The van der Waals surface area contributed by atoms with Crippen LogP contribution in [-0.4, -0.2) is 71.2 Å². The molecule has 0 heterocycles. The maximum atomic E-state index is 13.1. The van der Waals surface area contributed by atoms with Gasteiger partial charge in [0.2, 0.25) is 17.7 Å². The third-order valence-corrected chi connectivity index (χ3v) is 5.62. The summed E-state index contributed by atoms with van der Waals surface area (Å²) < 4.78 is 0. The number of carboxylic acid groups (broad SMARTS) is 1. The van der Waals surface area contributed by atoms with E-state index in [2.05, 4.69) is 33.6 Å². The van der Waals surface area contributed by atoms with E-state index in [0.29, 0.717) is 6.42 Å². The van der Waals surface area contributed by atoms with Crippen LogP contribution in [0.3, 0.4) is 0 Å². The molecule has 10 N–H and O–H groups in total. The number of carbonyl (C=O) groups is 4. The molecule has 0 aliphatic rings. The van der Waals surface area contributed by atoms with Crippen molar-refractivity contribution in [1.29, 1.82) is 0 Å². The number of aliphatic imine (C=N–C) groups is 1. The van der Waals surface area contributed by atoms with Gasteiger partial charge in [0.05, 0.1) is 6.04 Å². The number of thiol groups is 1. The van der Waals surface area contributed by atoms with Crippen molar-refractivity contribution < 1.29 is 24.3 Å². The molecule has 1 rings (SSSR count). The highest BCUT2D eigenvalue weighted by atomic mass is 32.1. The molecule has 13 heteroatoms. The van der Waals surface area contributed by atoms with Gasteiger partial charge in [0.25, 0.3) is 0 Å². The fourth-order valence-corrected chi connectivity index (χ4v) is 3.50. The number of guanidine groups is 1. The zero-order valence-corrected chi connectivity index (χ0v) is 21.4. The first-order chi connectivity index (χ1) is 17.0. The summed E-state index contributed by atoms with van der Waals surface area (Å²) >= 11 is 3.94. The van der Waals surface area contributed by atoms with Crippen LogP contribution >= 0.6 is 12.6 Å². The molecule has 0 aliphatic carbocycles. The Bertz CT molecular complexity index is 909. The van der Waals surface area contributed by atoms with E-state index in [-0.39, 0.29) is 37.0 Å². The molecule has 0 saturated heterocycles. The normalized spacial score (nSPS) is 14.1. The van der Waals surface area contributed by atoms with Crippen molar-refractivity contribution in [3.63, 3.8) is 0 Å². The van der Waals surface area contributed by atoms with Crippen LogP contribution in [0.5, 0.6) is 0 Å². The highest BCUT2D eigenvalue weighted by Gasteiger charge is 2.31. The highest BCUT2D eigenvalue weighted by molar-refractivity contribution is 7.80. The van der Waals surface area contributed by atoms with Gasteiger partial charge in [-0.2, -0.15) is 12.6 Å². The minimum absolute atomic E-state index is 0.115. The molecule has 0 fully saturated rings. The number of nitrogens with zero attached hydrogens (tertiary/aromatic N) is 1. The molecule has 1 aromatic rings. The maximum Gasteiger partial charge on any atom is 0.327 e. The molecule has 3 amide bonds. The van der Waals surface area contributed by atoms with Gasteiger partial charge in [-0.1, -0.05) is 44.2 Å². The molecule has 0 aromatic heterocycles. The van der Waals surface area contributed by atoms with Crippen LogP contribution in [0.25, 0.3) is 0 Å². The number of rotatable bonds is 15. The Labute approximate surface area is 216 Å². The number of hydrogen-bond donors (Lipinski definition) is 8. The average molecular weight is 524 g/mol. The summed E-state index contributed by atoms with van der Waals surface area (Å²) in [7, 11) is 0. The third-order valence-electron chi connectivity index (χ3n) is 5.26. The van der Waals surface area contributed by atoms with Crippen molar-refractivity contribution in [3.05, 3.63) is 35.9 Å². The molecule has 0 radical (unpaired) electrons. The fraction of sp³-hybridized carbons (Fsp3) is 0.522. The van der Waals surface area contributed by atoms with Crippen molar-refractivity contribution in [2.75, 3.05) is 12.3 Å². The first kappa shape index (κ1) is 30.7. The Kier molecular flexibility index (Phi) is 13.3. The number of hydrogen-bond acceptors (Lipinski definition) is 7. The molecule has 12 nitrogen and oxygen atoms in total. The van der Waals surface area contributed by atoms with Crippen LogP contribution in [0.4, 0.5) is 0 Å². The van der Waals surface area contributed by atoms with E-state index in [1.54, 1.807) is 13.8 Å². The predicted octanol–water partition coefficient (Wildman–Crippen LogP) is -1.27. The molecule has 0 bridgehead atoms. The smallest absolute Gasteiger partial charge is 0.327 e. The zero-order chi connectivity index (χ0) is 27.3. The molecule has 1 aromatic carbocycles. The molecule has 36 heavy (non-hydrogen) atoms. The minimum Gasteiger partial charge on any atom is -0.480 e. The Morgan fingerprint density at radius 1 is 0.972 bits per heavy atom. The zero-order valence-electron chi connectivity index (χ0n) is 20.5. The Balaban J connectivity index is 2.92. The summed E-state index contributed by atoms with van der Waals surface area (Å²) in [6, 6.07) is 5.03. The Morgan fingerprint density at radius 3 is 2.11 bits per heavy atom. The van der Waals surface area contributed by atoms with Crippen LogP contribution < -0.4 is 33.2 Å². The van der Waals surface area contributed by atoms with E-state index in [1.807, 2.05) is 30.3 Å². The highest BCUT2D eigenvalue weighted by Crippen LogP contribution is 2.08. The molecular formula is C23H37N7O5S. The second kappa shape index (κ2) is 15.6. The van der Waals surface area contributed by atoms with Crippen LogP contribution in [-0.2, 0) is 25.6 Å². The van der Waals surface area contributed by atoms with Gasteiger partial charge < -0.3 is 38.3 Å². The van der Waals surface area contributed by atoms with Crippen LogP contribution in [0, 0.1) is 5.92 Å². The largest absolute Gasteiger partial charge is 0.480 e. The number of benzene rings is 1. The maximum absolute atomic E-state index is 13.1. The van der Waals surface area contributed by atoms with Gasteiger partial charge >= 0.3 is 5.97 Å². The van der Waals surface area contributed by atoms with Crippen LogP contribution in [0.15, 0.2) is 35.3 Å². The summed E-state index contributed by atoms with van der Waals surface area (Å²) in [6.07, 6.45) is 0.740. The lowest BCUT2D eigenvalue weighted by Crippen LogP contribution is -2.58. The Hall–Kier alpha value is -3.32. The van der Waals surface area contributed by atoms with Crippen molar-refractivity contribution >= 4 is 42.3 Å². The predicted molar refractivity (Wildman–Crippen MR) is 140 cm³/mol. The van der Waals surface area contributed by atoms with Gasteiger partial charge in [0, 0.05) is 12.3 Å². The number of nitrogens with two attached hydrogens (primary N) is 3. The fourth-order valence-electron chi connectivity index (χ4n) is 3.25. The van der Waals surface area contributed by atoms with Gasteiger partial charge in [-0.15, -0.1) is 0 Å². The van der Waals surface area contributed by atoms with Gasteiger partial charge in [-0.05, 0) is 30.7 Å². The number of aliphatic carboxylic acids is 1. The third kappa shape index (κ3) is 11.0. The van der Waals surface area contributed by atoms with Crippen LogP contribution in [0.1, 0.15) is 32.3 Å². The van der Waals surface area contributed by atoms with Crippen molar-refractivity contribution in [2.45, 2.75) is 57.3 Å². The van der Waals surface area contributed by atoms with Gasteiger partial charge in [-0.3, -0.25) is 19.4 Å². The SMILES string of the molecule is CC(C)C(NC(=O)C(N)Cc1ccccc1)C(=O)NC(CCCN=C(N)N)C(=O)NC(CS)C(=O)O. The molecule has 0 saturated carbocycles. The molecule has 4 atom stereocenters. The first-order valence-corrected chi connectivity index (χ1v) is 12.2. The van der Waals surface area contributed by atoms with E-state index in [9.17, 15) is 24.3 Å². The number of nitrogens with one attached hydrogen (secondary N) is 3. The quantitative estimate of drug-likeness (QED) is 0.0599. The summed E-state index contributed by atoms with van der Waals surface area (Å²) in [4.78, 5) is 53.8. The average Bonchev–Trinajstić information content (AvgIpc) is 2.82. The standard InChI is InChI=1S/C23H37N7O5S/c1-13(2)18(30-19(31)15(24)11-14-7-4-3-5-8-14)21(33)28-16(9-6-10-27-23(25)26)20(32)29-17(12-36)22(34)35/h3-5,7-8,13,15-18,36H,6,9-12,24H2,1-2H3,(H,28,33)(H,29,32)(H,30,31)(H,34,35)(H4,25,26,27). The lowest BCUT2D eigenvalue weighted by atomic mass is 10.0. The van der Waals surface area contributed by atoms with Gasteiger partial charge in [0.15, 0.2) is 5.96 Å². The molecular weight excluding hydrogens is 486 g/mol. The number of amides is 3. The van der Waals surface area contributed by atoms with Gasteiger partial charge in [-0.25, -0.2) is 4.79 Å². The molecule has 0 spiro atoms. The Morgan fingerprint density at radius 2 is 1.58 bits per heavy atom. The first-order valence-electron chi connectivity index (χ1n) is 11.6. The van der Waals surface area contributed by atoms with Crippen molar-refractivity contribution in [2.24, 2.45) is 28.1 Å². The van der Waals surface area contributed by atoms with Crippen molar-refractivity contribution in [1.82, 2.24) is 16.0 Å². The topological polar surface area (TPSA) is 215 Å².